The first-order chi connectivity index (χ1) is 28.8. The van der Waals surface area contributed by atoms with E-state index in [0.29, 0.717) is 5.75 Å². The number of fused-ring (bicyclic) bond motifs is 12. The van der Waals surface area contributed by atoms with Crippen LogP contribution in [0.5, 0.6) is 23.0 Å². The number of allylic oxidation sites excluding steroid dienone is 2. The fourth-order valence-corrected chi connectivity index (χ4v) is 9.98. The third kappa shape index (κ3) is 4.80. The molecule has 0 amide bonds. The summed E-state index contributed by atoms with van der Waals surface area (Å²) in [5, 5.41) is 0. The van der Waals surface area contributed by atoms with Gasteiger partial charge in [-0.2, -0.15) is 0 Å². The minimum absolute atomic E-state index is 0.0502. The first-order valence-electron chi connectivity index (χ1n) is 20.1. The molecule has 58 heavy (non-hydrogen) atoms. The minimum atomic E-state index is -0.452. The Morgan fingerprint density at radius 3 is 1.72 bits per heavy atom. The van der Waals surface area contributed by atoms with Gasteiger partial charge in [0.2, 0.25) is 0 Å². The highest BCUT2D eigenvalue weighted by Gasteiger charge is 2.52. The molecule has 1 unspecified atom stereocenters. The monoisotopic (exact) mass is 743 g/mol. The molecule has 3 nitrogen and oxygen atoms in total. The summed E-state index contributed by atoms with van der Waals surface area (Å²) in [7, 11) is 0. The Balaban J connectivity index is 0.939. The molecule has 0 N–H and O–H groups in total. The van der Waals surface area contributed by atoms with Crippen molar-refractivity contribution in [1.29, 1.82) is 0 Å². The maximum atomic E-state index is 7.07. The predicted octanol–water partition coefficient (Wildman–Crippen LogP) is 14.1. The van der Waals surface area contributed by atoms with E-state index in [-0.39, 0.29) is 6.04 Å². The van der Waals surface area contributed by atoms with Gasteiger partial charge in [0.25, 0.3) is 0 Å². The molecule has 8 aromatic rings. The Morgan fingerprint density at radius 1 is 0.448 bits per heavy atom. The van der Waals surface area contributed by atoms with Crippen LogP contribution in [0, 0.1) is 0 Å². The second-order valence-electron chi connectivity index (χ2n) is 15.5. The molecule has 3 aliphatic carbocycles. The molecule has 1 aliphatic heterocycles. The maximum Gasteiger partial charge on any atom is 0.193 e. The van der Waals surface area contributed by atoms with E-state index >= 15 is 0 Å². The molecule has 1 atom stereocenters. The van der Waals surface area contributed by atoms with Crippen molar-refractivity contribution in [2.45, 2.75) is 17.9 Å². The van der Waals surface area contributed by atoms with Gasteiger partial charge in [0, 0.05) is 5.69 Å². The largest absolute Gasteiger partial charge is 0.449 e. The molecule has 0 saturated carbocycles. The molecular formula is C55H37NO2. The molecule has 3 heteroatoms. The minimum Gasteiger partial charge on any atom is -0.449 e. The van der Waals surface area contributed by atoms with Gasteiger partial charge in [0.1, 0.15) is 0 Å². The predicted molar refractivity (Wildman–Crippen MR) is 235 cm³/mol. The lowest BCUT2D eigenvalue weighted by atomic mass is 9.70. The van der Waals surface area contributed by atoms with E-state index in [9.17, 15) is 0 Å². The van der Waals surface area contributed by atoms with Gasteiger partial charge in [-0.3, -0.25) is 0 Å². The summed E-state index contributed by atoms with van der Waals surface area (Å²) in [5.41, 5.74) is 16.6. The van der Waals surface area contributed by atoms with Gasteiger partial charge < -0.3 is 14.4 Å². The highest BCUT2D eigenvalue weighted by Crippen LogP contribution is 2.65. The van der Waals surface area contributed by atoms with Crippen molar-refractivity contribution >= 4 is 16.9 Å². The summed E-state index contributed by atoms with van der Waals surface area (Å²) < 4.78 is 14.0. The van der Waals surface area contributed by atoms with Gasteiger partial charge in [0.15, 0.2) is 23.0 Å². The summed E-state index contributed by atoms with van der Waals surface area (Å²) >= 11 is 0. The van der Waals surface area contributed by atoms with Crippen LogP contribution in [0.1, 0.15) is 34.2 Å². The molecule has 0 fully saturated rings. The molecule has 0 saturated heterocycles. The van der Waals surface area contributed by atoms with E-state index in [1.165, 1.54) is 66.8 Å². The van der Waals surface area contributed by atoms with Gasteiger partial charge >= 0.3 is 0 Å². The summed E-state index contributed by atoms with van der Waals surface area (Å²) in [4.78, 5) is 2.39. The third-order valence-corrected chi connectivity index (χ3v) is 12.5. The molecule has 0 radical (unpaired) electrons. The van der Waals surface area contributed by atoms with Crippen molar-refractivity contribution < 1.29 is 9.47 Å². The smallest absolute Gasteiger partial charge is 0.193 e. The van der Waals surface area contributed by atoms with Crippen molar-refractivity contribution in [1.82, 2.24) is 0 Å². The number of para-hydroxylation sites is 2. The third-order valence-electron chi connectivity index (χ3n) is 12.5. The zero-order valence-corrected chi connectivity index (χ0v) is 31.7. The molecule has 12 rings (SSSR count). The fourth-order valence-electron chi connectivity index (χ4n) is 9.98. The lowest BCUT2D eigenvalue weighted by Crippen LogP contribution is -2.30. The van der Waals surface area contributed by atoms with Crippen molar-refractivity contribution in [3.63, 3.8) is 0 Å². The number of ether oxygens (including phenoxy) is 2. The van der Waals surface area contributed by atoms with Gasteiger partial charge in [0.05, 0.1) is 17.1 Å². The number of hydrogen-bond donors (Lipinski definition) is 0. The van der Waals surface area contributed by atoms with Crippen LogP contribution >= 0.6 is 0 Å². The molecule has 274 valence electrons. The average Bonchev–Trinajstić information content (AvgIpc) is 3.75. The van der Waals surface area contributed by atoms with Crippen molar-refractivity contribution in [3.05, 3.63) is 234 Å². The van der Waals surface area contributed by atoms with Crippen LogP contribution in [0.3, 0.4) is 0 Å². The Morgan fingerprint density at radius 2 is 1.03 bits per heavy atom. The Kier molecular flexibility index (Phi) is 7.27. The normalized spacial score (nSPS) is 15.8. The van der Waals surface area contributed by atoms with Gasteiger partial charge in [-0.1, -0.05) is 164 Å². The molecule has 0 bridgehead atoms. The van der Waals surface area contributed by atoms with E-state index in [2.05, 4.69) is 205 Å². The number of benzene rings is 8. The highest BCUT2D eigenvalue weighted by molar-refractivity contribution is 5.96. The quantitative estimate of drug-likeness (QED) is 0.175. The Bertz CT molecular complexity index is 2950. The fraction of sp³-hybridized carbons (Fsp3) is 0.0545. The van der Waals surface area contributed by atoms with Crippen LogP contribution in [-0.2, 0) is 5.41 Å². The summed E-state index contributed by atoms with van der Waals surface area (Å²) in [6.07, 6.45) is 7.79. The van der Waals surface area contributed by atoms with Gasteiger partial charge in [-0.15, -0.1) is 0 Å². The maximum absolute atomic E-state index is 7.07. The molecular weight excluding hydrogens is 707 g/mol. The number of rotatable bonds is 5. The van der Waals surface area contributed by atoms with E-state index in [1.807, 2.05) is 6.07 Å². The lowest BCUT2D eigenvalue weighted by Gasteiger charge is -2.36. The van der Waals surface area contributed by atoms with E-state index in [0.717, 1.165) is 35.0 Å². The highest BCUT2D eigenvalue weighted by atomic mass is 16.6. The molecule has 0 aromatic heterocycles. The van der Waals surface area contributed by atoms with Crippen molar-refractivity contribution in [2.75, 3.05) is 4.90 Å². The number of hydrogen-bond acceptors (Lipinski definition) is 3. The lowest BCUT2D eigenvalue weighted by molar-refractivity contribution is 0.359. The Labute approximate surface area is 338 Å². The van der Waals surface area contributed by atoms with E-state index in [4.69, 9.17) is 9.47 Å². The molecule has 8 aromatic carbocycles. The first kappa shape index (κ1) is 32.8. The van der Waals surface area contributed by atoms with Crippen LogP contribution in [0.25, 0.3) is 39.0 Å². The van der Waals surface area contributed by atoms with Crippen molar-refractivity contribution in [3.8, 4) is 56.4 Å². The van der Waals surface area contributed by atoms with E-state index in [1.54, 1.807) is 0 Å². The SMILES string of the molecule is C1=CC(N(c2ccccc2)c2cccc3c2Oc2cc4c(cc2O3)C2(c3ccccc3-c3ccccc32)c2ccccc2-4)CC=C1c1cccc(-c2ccccc2)c1. The average molecular weight is 744 g/mol. The van der Waals surface area contributed by atoms with Crippen LogP contribution in [0.4, 0.5) is 11.4 Å². The Hall–Kier alpha value is -7.36. The summed E-state index contributed by atoms with van der Waals surface area (Å²) in [6, 6.07) is 67.4. The zero-order chi connectivity index (χ0) is 38.2. The van der Waals surface area contributed by atoms with Crippen LogP contribution in [-0.4, -0.2) is 6.04 Å². The second kappa shape index (κ2) is 12.8. The van der Waals surface area contributed by atoms with Gasteiger partial charge in [-0.25, -0.2) is 0 Å². The summed E-state index contributed by atoms with van der Waals surface area (Å²) in [6.45, 7) is 0. The van der Waals surface area contributed by atoms with Gasteiger partial charge in [-0.05, 0) is 116 Å². The molecule has 1 spiro atoms. The number of nitrogens with zero attached hydrogens (tertiary/aromatic N) is 1. The zero-order valence-electron chi connectivity index (χ0n) is 31.7. The molecule has 1 heterocycles. The number of anilines is 2. The van der Waals surface area contributed by atoms with Crippen LogP contribution in [0.15, 0.2) is 206 Å². The standard InChI is InChI=1S/C55H37NO2/c1-3-15-36(16-4-1)38-17-13-18-39(33-38)37-29-31-41(32-30-37)56(40-19-5-2-6-20-40)50-27-14-28-51-54(50)58-52-34-45-44-23-9-12-26-48(44)55(49(45)35-53(52)57-51)46-24-10-7-21-42(46)43-22-8-11-25-47(43)55/h1-31,33-35,41H,32H2. The van der Waals surface area contributed by atoms with Crippen molar-refractivity contribution in [2.24, 2.45) is 0 Å². The van der Waals surface area contributed by atoms with E-state index < -0.39 is 5.41 Å². The second-order valence-corrected chi connectivity index (χ2v) is 15.5. The molecule has 4 aliphatic rings. The topological polar surface area (TPSA) is 21.7 Å². The first-order valence-corrected chi connectivity index (χ1v) is 20.1. The summed E-state index contributed by atoms with van der Waals surface area (Å²) in [5.74, 6) is 2.87. The van der Waals surface area contributed by atoms with Crippen LogP contribution in [0.2, 0.25) is 0 Å². The van der Waals surface area contributed by atoms with Crippen LogP contribution < -0.4 is 14.4 Å².